The van der Waals surface area contributed by atoms with Gasteiger partial charge in [0.25, 0.3) is 0 Å². The van der Waals surface area contributed by atoms with Crippen LogP contribution in [0.5, 0.6) is 0 Å². The minimum absolute atomic E-state index is 0.232. The van der Waals surface area contributed by atoms with Gasteiger partial charge in [-0.05, 0) is 18.2 Å². The molecule has 0 radical (unpaired) electrons. The first kappa shape index (κ1) is 9.02. The van der Waals surface area contributed by atoms with E-state index in [1.807, 2.05) is 0 Å². The second-order valence-corrected chi connectivity index (χ2v) is 3.19. The molecule has 0 spiro atoms. The van der Waals surface area contributed by atoms with Crippen molar-refractivity contribution in [1.82, 2.24) is 9.78 Å². The van der Waals surface area contributed by atoms with Crippen LogP contribution in [0.4, 0.5) is 10.2 Å². The van der Waals surface area contributed by atoms with Crippen molar-refractivity contribution in [3.63, 3.8) is 0 Å². The first-order valence-corrected chi connectivity index (χ1v) is 4.31. The van der Waals surface area contributed by atoms with Gasteiger partial charge in [-0.2, -0.15) is 0 Å². The predicted octanol–water partition coefficient (Wildman–Crippen LogP) is 2.25. The maximum Gasteiger partial charge on any atom is 0.164 e. The Morgan fingerprint density at radius 2 is 2.21 bits per heavy atom. The van der Waals surface area contributed by atoms with Crippen molar-refractivity contribution in [2.24, 2.45) is 0 Å². The third-order valence-electron chi connectivity index (χ3n) is 1.77. The van der Waals surface area contributed by atoms with Gasteiger partial charge in [-0.1, -0.05) is 17.7 Å². The van der Waals surface area contributed by atoms with Crippen molar-refractivity contribution < 1.29 is 4.39 Å². The Morgan fingerprint density at radius 1 is 1.43 bits per heavy atom. The fraction of sp³-hybridized carbons (Fsp3) is 0. The number of rotatable bonds is 1. The van der Waals surface area contributed by atoms with Gasteiger partial charge < -0.3 is 5.73 Å². The lowest BCUT2D eigenvalue weighted by molar-refractivity contribution is 0.625. The van der Waals surface area contributed by atoms with Gasteiger partial charge in [-0.25, -0.2) is 9.07 Å². The maximum atomic E-state index is 12.9. The molecule has 0 fully saturated rings. The summed E-state index contributed by atoms with van der Waals surface area (Å²) in [6.45, 7) is 0. The zero-order chi connectivity index (χ0) is 10.1. The largest absolute Gasteiger partial charge is 0.381 e. The van der Waals surface area contributed by atoms with Crippen LogP contribution in [0.2, 0.25) is 5.02 Å². The van der Waals surface area contributed by atoms with Gasteiger partial charge in [-0.3, -0.25) is 0 Å². The zero-order valence-corrected chi connectivity index (χ0v) is 7.87. The third-order valence-corrected chi connectivity index (χ3v) is 2.06. The molecule has 0 unspecified atom stereocenters. The number of aromatic nitrogens is 2. The van der Waals surface area contributed by atoms with Gasteiger partial charge in [-0.15, -0.1) is 5.10 Å². The second-order valence-electron chi connectivity index (χ2n) is 2.79. The van der Waals surface area contributed by atoms with Gasteiger partial charge in [0.05, 0.1) is 11.9 Å². The van der Waals surface area contributed by atoms with Crippen molar-refractivity contribution in [1.29, 1.82) is 0 Å². The molecule has 2 rings (SSSR count). The van der Waals surface area contributed by atoms with Crippen molar-refractivity contribution in [2.45, 2.75) is 0 Å². The SMILES string of the molecule is Nc1nn(-c2cccc(F)c2)cc1Cl. The number of hydrogen-bond acceptors (Lipinski definition) is 2. The summed E-state index contributed by atoms with van der Waals surface area (Å²) in [5, 5.41) is 4.27. The molecule has 1 heterocycles. The van der Waals surface area contributed by atoms with Gasteiger partial charge >= 0.3 is 0 Å². The van der Waals surface area contributed by atoms with E-state index in [1.165, 1.54) is 23.0 Å². The van der Waals surface area contributed by atoms with Gasteiger partial charge in [0.15, 0.2) is 5.82 Å². The monoisotopic (exact) mass is 211 g/mol. The molecule has 0 bridgehead atoms. The third kappa shape index (κ3) is 1.56. The number of nitrogens with zero attached hydrogens (tertiary/aromatic N) is 2. The van der Waals surface area contributed by atoms with E-state index in [-0.39, 0.29) is 11.6 Å². The number of halogens is 2. The Labute approximate surface area is 84.9 Å². The highest BCUT2D eigenvalue weighted by Crippen LogP contribution is 2.18. The lowest BCUT2D eigenvalue weighted by atomic mass is 10.3. The van der Waals surface area contributed by atoms with E-state index in [0.29, 0.717) is 10.7 Å². The molecule has 1 aromatic heterocycles. The first-order chi connectivity index (χ1) is 6.66. The molecule has 0 amide bonds. The van der Waals surface area contributed by atoms with Crippen molar-refractivity contribution in [2.75, 3.05) is 5.73 Å². The Hall–Kier alpha value is -1.55. The fourth-order valence-electron chi connectivity index (χ4n) is 1.12. The summed E-state index contributed by atoms with van der Waals surface area (Å²) in [6.07, 6.45) is 1.53. The number of nitrogens with two attached hydrogens (primary N) is 1. The van der Waals surface area contributed by atoms with Crippen LogP contribution in [-0.2, 0) is 0 Å². The van der Waals surface area contributed by atoms with Gasteiger partial charge in [0.1, 0.15) is 10.8 Å². The summed E-state index contributed by atoms with van der Waals surface area (Å²) in [5.41, 5.74) is 6.05. The van der Waals surface area contributed by atoms with E-state index in [9.17, 15) is 4.39 Å². The molecule has 1 aromatic carbocycles. The van der Waals surface area contributed by atoms with Crippen LogP contribution in [-0.4, -0.2) is 9.78 Å². The molecule has 0 atom stereocenters. The highest BCUT2D eigenvalue weighted by atomic mass is 35.5. The van der Waals surface area contributed by atoms with E-state index in [2.05, 4.69) is 5.10 Å². The number of anilines is 1. The topological polar surface area (TPSA) is 43.8 Å². The second kappa shape index (κ2) is 3.31. The Kier molecular flexibility index (Phi) is 2.13. The maximum absolute atomic E-state index is 12.9. The van der Waals surface area contributed by atoms with Crippen LogP contribution in [0, 0.1) is 5.82 Å². The van der Waals surface area contributed by atoms with Crippen molar-refractivity contribution in [3.05, 3.63) is 41.3 Å². The summed E-state index contributed by atoms with van der Waals surface area (Å²) >= 11 is 5.72. The number of hydrogen-bond donors (Lipinski definition) is 1. The molecule has 2 N–H and O–H groups in total. The summed E-state index contributed by atoms with van der Waals surface area (Å²) in [5.74, 6) is -0.0939. The zero-order valence-electron chi connectivity index (χ0n) is 7.11. The van der Waals surface area contributed by atoms with Crippen LogP contribution in [0.15, 0.2) is 30.5 Å². The lowest BCUT2D eigenvalue weighted by Crippen LogP contribution is -1.96. The molecule has 0 aliphatic carbocycles. The minimum Gasteiger partial charge on any atom is -0.381 e. The standard InChI is InChI=1S/C9H7ClFN3/c10-8-5-14(13-9(8)12)7-3-1-2-6(11)4-7/h1-5H,(H2,12,13). The van der Waals surface area contributed by atoms with Crippen molar-refractivity contribution >= 4 is 17.4 Å². The minimum atomic E-state index is -0.326. The normalized spacial score (nSPS) is 10.4. The van der Waals surface area contributed by atoms with E-state index in [0.717, 1.165) is 0 Å². The number of benzene rings is 1. The summed E-state index contributed by atoms with van der Waals surface area (Å²) in [7, 11) is 0. The summed E-state index contributed by atoms with van der Waals surface area (Å²) in [6, 6.07) is 6.02. The molecule has 5 heteroatoms. The molecule has 0 aliphatic heterocycles. The van der Waals surface area contributed by atoms with E-state index < -0.39 is 0 Å². The smallest absolute Gasteiger partial charge is 0.164 e. The van der Waals surface area contributed by atoms with Crippen LogP contribution in [0.25, 0.3) is 5.69 Å². The molecule has 2 aromatic rings. The molecule has 3 nitrogen and oxygen atoms in total. The molecule has 0 aliphatic rings. The Balaban J connectivity index is 2.49. The predicted molar refractivity (Wildman–Crippen MR) is 52.9 cm³/mol. The molecule has 14 heavy (non-hydrogen) atoms. The highest BCUT2D eigenvalue weighted by molar-refractivity contribution is 6.32. The van der Waals surface area contributed by atoms with E-state index >= 15 is 0 Å². The fourth-order valence-corrected chi connectivity index (χ4v) is 1.25. The quantitative estimate of drug-likeness (QED) is 0.786. The Bertz CT molecular complexity index is 447. The molecule has 0 saturated heterocycles. The summed E-state index contributed by atoms with van der Waals surface area (Å²) < 4.78 is 14.3. The first-order valence-electron chi connectivity index (χ1n) is 3.93. The number of nitrogen functional groups attached to an aromatic ring is 1. The van der Waals surface area contributed by atoms with Gasteiger partial charge in [0, 0.05) is 0 Å². The molecular formula is C9H7ClFN3. The Morgan fingerprint density at radius 3 is 2.79 bits per heavy atom. The molecule has 0 saturated carbocycles. The molecule has 72 valence electrons. The average Bonchev–Trinajstić information content (AvgIpc) is 2.47. The average molecular weight is 212 g/mol. The lowest BCUT2D eigenvalue weighted by Gasteiger charge is -1.99. The van der Waals surface area contributed by atoms with Crippen LogP contribution < -0.4 is 5.73 Å². The van der Waals surface area contributed by atoms with Crippen LogP contribution in [0.1, 0.15) is 0 Å². The van der Waals surface area contributed by atoms with Crippen LogP contribution >= 0.6 is 11.6 Å². The van der Waals surface area contributed by atoms with E-state index in [4.69, 9.17) is 17.3 Å². The van der Waals surface area contributed by atoms with Crippen LogP contribution in [0.3, 0.4) is 0 Å². The van der Waals surface area contributed by atoms with Crippen molar-refractivity contribution in [3.8, 4) is 5.69 Å². The molecular weight excluding hydrogens is 205 g/mol. The van der Waals surface area contributed by atoms with E-state index in [1.54, 1.807) is 12.1 Å². The summed E-state index contributed by atoms with van der Waals surface area (Å²) in [4.78, 5) is 0. The highest BCUT2D eigenvalue weighted by Gasteiger charge is 2.04. The van der Waals surface area contributed by atoms with Gasteiger partial charge in [0.2, 0.25) is 0 Å².